The molecule has 0 aliphatic carbocycles. The quantitative estimate of drug-likeness (QED) is 0.824. The number of aromatic nitrogens is 3. The normalized spacial score (nSPS) is 11.5. The molecule has 0 fully saturated rings. The fraction of sp³-hybridized carbons (Fsp3) is 0.273. The first kappa shape index (κ1) is 13.5. The molecule has 8 heteroatoms. The van der Waals surface area contributed by atoms with E-state index in [1.165, 1.54) is 12.3 Å². The largest absolute Gasteiger partial charge is 0.372 e. The van der Waals surface area contributed by atoms with Crippen LogP contribution in [0.5, 0.6) is 0 Å². The Bertz CT molecular complexity index is 665. The van der Waals surface area contributed by atoms with Crippen LogP contribution < -0.4 is 10.0 Å². The summed E-state index contributed by atoms with van der Waals surface area (Å²) in [5.74, 6) is 0.952. The van der Waals surface area contributed by atoms with E-state index in [1.807, 2.05) is 0 Å². The van der Waals surface area contributed by atoms with Gasteiger partial charge in [-0.15, -0.1) is 0 Å². The highest BCUT2D eigenvalue weighted by atomic mass is 32.2. The van der Waals surface area contributed by atoms with Crippen LogP contribution in [0.25, 0.3) is 0 Å². The Labute approximate surface area is 111 Å². The fourth-order valence-electron chi connectivity index (χ4n) is 1.60. The number of nitrogens with zero attached hydrogens (tertiary/aromatic N) is 3. The first-order valence-electron chi connectivity index (χ1n) is 5.63. The molecule has 2 aromatic heterocycles. The van der Waals surface area contributed by atoms with E-state index in [1.54, 1.807) is 37.1 Å². The molecule has 0 aliphatic rings. The van der Waals surface area contributed by atoms with Gasteiger partial charge < -0.3 is 9.88 Å². The predicted octanol–water partition coefficient (Wildman–Crippen LogP) is 0.335. The highest BCUT2D eigenvalue weighted by Gasteiger charge is 2.19. The lowest BCUT2D eigenvalue weighted by Gasteiger charge is -2.10. The Morgan fingerprint density at radius 1 is 1.32 bits per heavy atom. The summed E-state index contributed by atoms with van der Waals surface area (Å²) in [5, 5.41) is 2.76. The smallest absolute Gasteiger partial charge is 0.244 e. The maximum Gasteiger partial charge on any atom is 0.244 e. The van der Waals surface area contributed by atoms with Crippen molar-refractivity contribution >= 4 is 15.8 Å². The van der Waals surface area contributed by atoms with Crippen molar-refractivity contribution in [2.45, 2.75) is 11.4 Å². The van der Waals surface area contributed by atoms with Crippen molar-refractivity contribution < 1.29 is 8.42 Å². The zero-order chi connectivity index (χ0) is 13.9. The van der Waals surface area contributed by atoms with Crippen molar-refractivity contribution in [3.05, 3.63) is 36.5 Å². The lowest BCUT2D eigenvalue weighted by Crippen LogP contribution is -2.25. The Kier molecular flexibility index (Phi) is 3.82. The van der Waals surface area contributed by atoms with Crippen LogP contribution in [0.2, 0.25) is 0 Å². The van der Waals surface area contributed by atoms with E-state index in [4.69, 9.17) is 0 Å². The molecule has 0 aromatic carbocycles. The molecule has 19 heavy (non-hydrogen) atoms. The molecule has 0 aliphatic heterocycles. The van der Waals surface area contributed by atoms with Gasteiger partial charge in [-0.2, -0.15) is 0 Å². The van der Waals surface area contributed by atoms with Gasteiger partial charge in [-0.3, -0.25) is 0 Å². The van der Waals surface area contributed by atoms with E-state index in [0.29, 0.717) is 11.6 Å². The first-order chi connectivity index (χ1) is 9.04. The first-order valence-corrected chi connectivity index (χ1v) is 7.11. The Morgan fingerprint density at radius 3 is 2.74 bits per heavy atom. The number of anilines is 1. The molecule has 0 amide bonds. The molecule has 0 saturated carbocycles. The molecule has 7 nitrogen and oxygen atoms in total. The summed E-state index contributed by atoms with van der Waals surface area (Å²) in [5.41, 5.74) is 0. The predicted molar refractivity (Wildman–Crippen MR) is 71.0 cm³/mol. The number of pyridine rings is 1. The number of hydrogen-bond acceptors (Lipinski definition) is 5. The molecule has 2 rings (SSSR count). The summed E-state index contributed by atoms with van der Waals surface area (Å²) in [6, 6.07) is 3.08. The van der Waals surface area contributed by atoms with Crippen LogP contribution in [-0.4, -0.2) is 30.0 Å². The van der Waals surface area contributed by atoms with Crippen molar-refractivity contribution in [2.24, 2.45) is 7.05 Å². The third-order valence-corrected chi connectivity index (χ3v) is 4.07. The molecule has 0 radical (unpaired) electrons. The molecular weight excluding hydrogens is 266 g/mol. The number of imidazole rings is 1. The topological polar surface area (TPSA) is 88.9 Å². The summed E-state index contributed by atoms with van der Waals surface area (Å²) in [6.07, 6.45) is 4.91. The van der Waals surface area contributed by atoms with E-state index in [-0.39, 0.29) is 11.4 Å². The van der Waals surface area contributed by atoms with Gasteiger partial charge >= 0.3 is 0 Å². The van der Waals surface area contributed by atoms with E-state index in [9.17, 15) is 8.42 Å². The van der Waals surface area contributed by atoms with Gasteiger partial charge in [-0.1, -0.05) is 0 Å². The molecule has 0 spiro atoms. The molecular formula is C11H15N5O2S. The molecule has 2 heterocycles. The summed E-state index contributed by atoms with van der Waals surface area (Å²) < 4.78 is 28.6. The summed E-state index contributed by atoms with van der Waals surface area (Å²) >= 11 is 0. The third kappa shape index (κ3) is 2.91. The molecule has 2 aromatic rings. The highest BCUT2D eigenvalue weighted by molar-refractivity contribution is 7.89. The molecule has 2 N–H and O–H groups in total. The van der Waals surface area contributed by atoms with Crippen molar-refractivity contribution in [3.63, 3.8) is 0 Å². The number of rotatable bonds is 5. The standard InChI is InChI=1S/C11H15N5O2S/c1-12-11-9(4-3-5-14-11)19(17,18)15-8-10-13-6-7-16(10)2/h3-7,15H,8H2,1-2H3,(H,12,14). The van der Waals surface area contributed by atoms with Crippen LogP contribution in [0.4, 0.5) is 5.82 Å². The van der Waals surface area contributed by atoms with Gasteiger partial charge in [0.1, 0.15) is 16.5 Å². The summed E-state index contributed by atoms with van der Waals surface area (Å²) in [4.78, 5) is 8.15. The minimum absolute atomic E-state index is 0.117. The van der Waals surface area contributed by atoms with Crippen molar-refractivity contribution in [2.75, 3.05) is 12.4 Å². The van der Waals surface area contributed by atoms with Crippen LogP contribution in [0.3, 0.4) is 0 Å². The molecule has 0 unspecified atom stereocenters. The fourth-order valence-corrected chi connectivity index (χ4v) is 2.74. The van der Waals surface area contributed by atoms with Crippen molar-refractivity contribution in [1.29, 1.82) is 0 Å². The number of hydrogen-bond donors (Lipinski definition) is 2. The monoisotopic (exact) mass is 281 g/mol. The lowest BCUT2D eigenvalue weighted by atomic mass is 10.5. The molecule has 102 valence electrons. The zero-order valence-corrected chi connectivity index (χ0v) is 11.5. The van der Waals surface area contributed by atoms with E-state index in [0.717, 1.165) is 0 Å². The van der Waals surface area contributed by atoms with E-state index < -0.39 is 10.0 Å². The van der Waals surface area contributed by atoms with Crippen LogP contribution in [-0.2, 0) is 23.6 Å². The lowest BCUT2D eigenvalue weighted by molar-refractivity contribution is 0.577. The second kappa shape index (κ2) is 5.37. The van der Waals surface area contributed by atoms with Crippen molar-refractivity contribution in [3.8, 4) is 0 Å². The maximum atomic E-state index is 12.2. The molecule has 0 saturated heterocycles. The number of sulfonamides is 1. The maximum absolute atomic E-state index is 12.2. The molecule has 0 atom stereocenters. The van der Waals surface area contributed by atoms with Gasteiger partial charge in [0.05, 0.1) is 6.54 Å². The summed E-state index contributed by atoms with van der Waals surface area (Å²) in [6.45, 7) is 0.129. The van der Waals surface area contributed by atoms with Gasteiger partial charge in [-0.05, 0) is 12.1 Å². The van der Waals surface area contributed by atoms with E-state index >= 15 is 0 Å². The number of nitrogens with one attached hydrogen (secondary N) is 2. The molecule has 0 bridgehead atoms. The Morgan fingerprint density at radius 2 is 2.11 bits per heavy atom. The van der Waals surface area contributed by atoms with Crippen LogP contribution in [0, 0.1) is 0 Å². The minimum Gasteiger partial charge on any atom is -0.372 e. The van der Waals surface area contributed by atoms with Gasteiger partial charge in [0.25, 0.3) is 0 Å². The van der Waals surface area contributed by atoms with Gasteiger partial charge in [0.15, 0.2) is 0 Å². The minimum atomic E-state index is -3.62. The van der Waals surface area contributed by atoms with Gasteiger partial charge in [0.2, 0.25) is 10.0 Å². The van der Waals surface area contributed by atoms with E-state index in [2.05, 4.69) is 20.0 Å². The average Bonchev–Trinajstić information content (AvgIpc) is 2.82. The average molecular weight is 281 g/mol. The van der Waals surface area contributed by atoms with Crippen LogP contribution in [0.15, 0.2) is 35.6 Å². The SMILES string of the molecule is CNc1ncccc1S(=O)(=O)NCc1nccn1C. The second-order valence-corrected chi connectivity index (χ2v) is 5.61. The third-order valence-electron chi connectivity index (χ3n) is 2.64. The Hall–Kier alpha value is -1.93. The summed E-state index contributed by atoms with van der Waals surface area (Å²) in [7, 11) is -0.194. The van der Waals surface area contributed by atoms with Crippen LogP contribution >= 0.6 is 0 Å². The zero-order valence-electron chi connectivity index (χ0n) is 10.7. The Balaban J connectivity index is 2.21. The number of aryl methyl sites for hydroxylation is 1. The van der Waals surface area contributed by atoms with Crippen molar-refractivity contribution in [1.82, 2.24) is 19.3 Å². The van der Waals surface area contributed by atoms with Gasteiger partial charge in [-0.25, -0.2) is 23.1 Å². The van der Waals surface area contributed by atoms with Gasteiger partial charge in [0, 0.05) is 32.7 Å². The van der Waals surface area contributed by atoms with Crippen LogP contribution in [0.1, 0.15) is 5.82 Å². The highest BCUT2D eigenvalue weighted by Crippen LogP contribution is 2.17. The second-order valence-electron chi connectivity index (χ2n) is 3.88.